The van der Waals surface area contributed by atoms with Gasteiger partial charge in [0, 0.05) is 35.8 Å². The van der Waals surface area contributed by atoms with E-state index in [1.165, 1.54) is 55.6 Å². The van der Waals surface area contributed by atoms with Crippen molar-refractivity contribution in [3.8, 4) is 23.0 Å². The first kappa shape index (κ1) is 82.8. The van der Waals surface area contributed by atoms with Crippen molar-refractivity contribution in [3.05, 3.63) is 130 Å². The van der Waals surface area contributed by atoms with Gasteiger partial charge in [-0.05, 0) is 126 Å². The number of hydrogen-bond donors (Lipinski definition) is 8. The van der Waals surface area contributed by atoms with Crippen LogP contribution in [0.1, 0.15) is 95.1 Å². The Balaban J connectivity index is 0.000000640. The summed E-state index contributed by atoms with van der Waals surface area (Å²) in [6.45, 7) is 19.1. The van der Waals surface area contributed by atoms with E-state index in [9.17, 15) is 83.2 Å². The summed E-state index contributed by atoms with van der Waals surface area (Å²) in [6.07, 6.45) is -1.57. The number of para-hydroxylation sites is 2. The number of pyridine rings is 1. The quantitative estimate of drug-likeness (QED) is 0.0175. The van der Waals surface area contributed by atoms with Gasteiger partial charge in [-0.1, -0.05) is 23.7 Å². The molecule has 4 aromatic rings. The molecule has 0 aliphatic rings. The Morgan fingerprint density at radius 2 is 0.854 bits per heavy atom. The van der Waals surface area contributed by atoms with Crippen LogP contribution in [0.2, 0.25) is 5.02 Å². The van der Waals surface area contributed by atoms with Gasteiger partial charge < -0.3 is 79.6 Å². The smallest absolute Gasteiger partial charge is 0.408 e. The molecule has 4 rings (SSSR count). The van der Waals surface area contributed by atoms with E-state index in [-0.39, 0.29) is 41.0 Å². The SMILES string of the molecule is CC(C)(C)OC(=O)N[C@@H](CCOc1ccccc1[N+](=O)[O-])C(=O)O.CC(C)(C)OC(=O)N[C@@H](COc1ccc(Cl)cc1[N+](=O)[O-])C(=O)O.CC(C)(C)OC(=O)N[C@@H](COc1ccncc1[N+](=O)[O-])C(=O)O.Cc1cc(F)c([N+](=O)[O-])c(OC[C@H](NC(=O)OC(C)(C)C)C(=O)O)c1. The highest BCUT2D eigenvalue weighted by molar-refractivity contribution is 6.30. The van der Waals surface area contributed by atoms with Crippen molar-refractivity contribution in [1.82, 2.24) is 26.3 Å². The normalized spacial score (nSPS) is 12.2. The van der Waals surface area contributed by atoms with E-state index in [4.69, 9.17) is 69.9 Å². The fourth-order valence-corrected chi connectivity index (χ4v) is 6.66. The zero-order valence-corrected chi connectivity index (χ0v) is 54.6. The molecular formula is C57H73ClFN9O28. The van der Waals surface area contributed by atoms with Gasteiger partial charge in [0.15, 0.2) is 35.4 Å². The van der Waals surface area contributed by atoms with E-state index in [0.29, 0.717) is 5.56 Å². The first-order chi connectivity index (χ1) is 44.1. The second-order valence-electron chi connectivity index (χ2n) is 23.3. The van der Waals surface area contributed by atoms with Crippen molar-refractivity contribution in [2.24, 2.45) is 0 Å². The molecule has 1 heterocycles. The average molecular weight is 1390 g/mol. The molecule has 37 nitrogen and oxygen atoms in total. The number of hydrogen-bond acceptors (Lipinski definition) is 25. The van der Waals surface area contributed by atoms with Gasteiger partial charge in [0.05, 0.1) is 26.3 Å². The molecule has 4 atom stereocenters. The van der Waals surface area contributed by atoms with Crippen LogP contribution in [0.15, 0.2) is 73.1 Å². The Hall–Kier alpha value is -11.2. The number of halogens is 2. The molecule has 4 amide bonds. The van der Waals surface area contributed by atoms with E-state index < -0.39 is 163 Å². The number of aromatic nitrogens is 1. The maximum atomic E-state index is 13.7. The lowest BCUT2D eigenvalue weighted by atomic mass is 10.2. The van der Waals surface area contributed by atoms with Crippen LogP contribution in [0.3, 0.4) is 0 Å². The van der Waals surface area contributed by atoms with Gasteiger partial charge in [0.25, 0.3) is 0 Å². The zero-order chi connectivity index (χ0) is 73.8. The van der Waals surface area contributed by atoms with Crippen molar-refractivity contribution in [2.45, 2.75) is 143 Å². The van der Waals surface area contributed by atoms with Crippen molar-refractivity contribution in [3.63, 3.8) is 0 Å². The molecule has 528 valence electrons. The fourth-order valence-electron chi connectivity index (χ4n) is 6.49. The molecule has 0 unspecified atom stereocenters. The number of aliphatic carboxylic acids is 4. The van der Waals surface area contributed by atoms with Gasteiger partial charge >= 0.3 is 71.0 Å². The monoisotopic (exact) mass is 1390 g/mol. The number of ether oxygens (including phenoxy) is 8. The minimum absolute atomic E-state index is 0.0314. The highest BCUT2D eigenvalue weighted by Crippen LogP contribution is 2.33. The number of nitro benzene ring substituents is 3. The predicted molar refractivity (Wildman–Crippen MR) is 330 cm³/mol. The summed E-state index contributed by atoms with van der Waals surface area (Å²) < 4.78 is 54.2. The van der Waals surface area contributed by atoms with Crippen LogP contribution in [0.5, 0.6) is 23.0 Å². The van der Waals surface area contributed by atoms with Crippen molar-refractivity contribution < 1.29 is 121 Å². The number of carboxylic acid groups (broad SMARTS) is 4. The number of nitrogens with zero attached hydrogens (tertiary/aromatic N) is 5. The van der Waals surface area contributed by atoms with Gasteiger partial charge in [-0.3, -0.25) is 45.4 Å². The molecule has 0 bridgehead atoms. The molecule has 0 aliphatic carbocycles. The molecule has 0 spiro atoms. The molecule has 0 saturated carbocycles. The number of carbonyl (C=O) groups excluding carboxylic acids is 4. The summed E-state index contributed by atoms with van der Waals surface area (Å²) in [4.78, 5) is 135. The average Bonchev–Trinajstić information content (AvgIpc) is 0.853. The molecule has 96 heavy (non-hydrogen) atoms. The number of nitro groups is 4. The summed E-state index contributed by atoms with van der Waals surface area (Å²) in [7, 11) is 0. The highest BCUT2D eigenvalue weighted by atomic mass is 35.5. The molecule has 3 aromatic carbocycles. The summed E-state index contributed by atoms with van der Waals surface area (Å²) >= 11 is 5.68. The van der Waals surface area contributed by atoms with Crippen LogP contribution >= 0.6 is 11.6 Å². The number of nitrogens with one attached hydrogen (secondary N) is 4. The van der Waals surface area contributed by atoms with Crippen LogP contribution in [-0.2, 0) is 38.1 Å². The van der Waals surface area contributed by atoms with E-state index in [1.807, 2.05) is 0 Å². The van der Waals surface area contributed by atoms with Gasteiger partial charge in [-0.25, -0.2) is 38.4 Å². The van der Waals surface area contributed by atoms with Crippen LogP contribution in [0, 0.1) is 53.2 Å². The maximum absolute atomic E-state index is 13.7. The first-order valence-electron chi connectivity index (χ1n) is 27.7. The molecular weight excluding hydrogens is 1310 g/mol. The summed E-state index contributed by atoms with van der Waals surface area (Å²) in [6, 6.07) is 7.16. The minimum atomic E-state index is -1.54. The number of rotatable bonds is 25. The second-order valence-corrected chi connectivity index (χ2v) is 23.7. The Morgan fingerprint density at radius 1 is 0.490 bits per heavy atom. The Bertz CT molecular complexity index is 3420. The van der Waals surface area contributed by atoms with Crippen LogP contribution in [-0.4, -0.2) is 166 Å². The molecule has 0 radical (unpaired) electrons. The van der Waals surface area contributed by atoms with Crippen molar-refractivity contribution in [1.29, 1.82) is 0 Å². The maximum Gasteiger partial charge on any atom is 0.408 e. The van der Waals surface area contributed by atoms with Crippen molar-refractivity contribution >= 4 is 82.6 Å². The molecule has 39 heteroatoms. The Kier molecular flexibility index (Phi) is 32.3. The predicted octanol–water partition coefficient (Wildman–Crippen LogP) is 8.69. The molecule has 0 aliphatic heterocycles. The highest BCUT2D eigenvalue weighted by Gasteiger charge is 2.31. The molecule has 1 aromatic heterocycles. The topological polar surface area (TPSA) is 525 Å². The van der Waals surface area contributed by atoms with Crippen LogP contribution in [0.25, 0.3) is 0 Å². The van der Waals surface area contributed by atoms with Crippen LogP contribution < -0.4 is 40.2 Å². The lowest BCUT2D eigenvalue weighted by Crippen LogP contribution is -2.46. The largest absolute Gasteiger partial charge is 0.487 e. The lowest BCUT2D eigenvalue weighted by Gasteiger charge is -2.22. The number of benzene rings is 3. The zero-order valence-electron chi connectivity index (χ0n) is 53.9. The molecule has 0 fully saturated rings. The van der Waals surface area contributed by atoms with Gasteiger partial charge in [0.1, 0.15) is 54.5 Å². The number of carboxylic acids is 4. The molecule has 0 saturated heterocycles. The van der Waals surface area contributed by atoms with Crippen LogP contribution in [0.4, 0.5) is 46.3 Å². The summed E-state index contributed by atoms with van der Waals surface area (Å²) in [5.41, 5.74) is -4.79. The second kappa shape index (κ2) is 37.5. The number of amides is 4. The third-order valence-electron chi connectivity index (χ3n) is 10.3. The number of carbonyl (C=O) groups is 8. The summed E-state index contributed by atoms with van der Waals surface area (Å²) in [5, 5.41) is 88.7. The Morgan fingerprint density at radius 3 is 1.23 bits per heavy atom. The third-order valence-corrected chi connectivity index (χ3v) is 10.6. The van der Waals surface area contributed by atoms with E-state index in [0.717, 1.165) is 18.3 Å². The Labute approximate surface area is 550 Å². The van der Waals surface area contributed by atoms with Gasteiger partial charge in [0.2, 0.25) is 11.6 Å². The van der Waals surface area contributed by atoms with Gasteiger partial charge in [-0.2, -0.15) is 4.39 Å². The first-order valence-corrected chi connectivity index (χ1v) is 28.1. The fraction of sp³-hybridized carbons (Fsp3) is 0.456. The van der Waals surface area contributed by atoms with Crippen molar-refractivity contribution in [2.75, 3.05) is 26.4 Å². The standard InChI is InChI=1S/C15H19FN2O7.C15H20N2O7.C14H17ClN2O7.C13H17N3O7/c1-8-5-9(16)12(18(22)23)11(6-8)24-7-10(13(19)20)17-14(21)25-15(2,3)4;1-15(2,3)24-14(20)16-10(13(18)19)8-9-23-12-7-5-4-6-11(12)17(21)22;1-14(2,3)24-13(20)16-9(12(18)19)7-23-11-5-4-8(15)6-10(11)17(21)22;1-13(2,3)23-12(19)15-8(11(17)18)7-22-10-4-5-14-6-9(10)16(20)21/h5-6,10H,7H2,1-4H3,(H,17,21)(H,19,20);4-7,10H,8-9H2,1-3H3,(H,16,20)(H,18,19);4-6,9H,7H2,1-3H3,(H,16,20)(H,18,19);4-6,8H,7H2,1-3H3,(H,15,19)(H,17,18)/t2*10-;9-;8-/m0000/s1. The van der Waals surface area contributed by atoms with Gasteiger partial charge in [-0.15, -0.1) is 0 Å². The number of aryl methyl sites for hydroxylation is 1. The lowest BCUT2D eigenvalue weighted by molar-refractivity contribution is -0.388. The third kappa shape index (κ3) is 33.4. The van der Waals surface area contributed by atoms with E-state index in [2.05, 4.69) is 26.3 Å². The van der Waals surface area contributed by atoms with E-state index >= 15 is 0 Å². The number of alkyl carbamates (subject to hydrolysis) is 4. The molecule has 8 N–H and O–H groups in total. The van der Waals surface area contributed by atoms with E-state index in [1.54, 1.807) is 89.2 Å². The summed E-state index contributed by atoms with van der Waals surface area (Å²) in [5.74, 6) is -7.27. The minimum Gasteiger partial charge on any atom is -0.487 e.